The molecule has 0 spiro atoms. The van der Waals surface area contributed by atoms with Crippen molar-refractivity contribution in [3.8, 4) is 0 Å². The largest absolute Gasteiger partial charge is 0.365 e. The first-order valence-corrected chi connectivity index (χ1v) is 4.04. The van der Waals surface area contributed by atoms with E-state index < -0.39 is 21.9 Å². The lowest BCUT2D eigenvalue weighted by atomic mass is 10.1. The van der Waals surface area contributed by atoms with Crippen LogP contribution in [0.3, 0.4) is 0 Å². The number of aryl methyl sites for hydroxylation is 2. The second-order valence-electron chi connectivity index (χ2n) is 3.05. The van der Waals surface area contributed by atoms with Crippen LogP contribution in [-0.4, -0.2) is 15.8 Å². The number of hydrogen-bond donors (Lipinski definition) is 2. The number of primary amides is 1. The molecule has 15 heavy (non-hydrogen) atoms. The molecule has 0 aliphatic heterocycles. The van der Waals surface area contributed by atoms with Gasteiger partial charge in [-0.15, -0.1) is 0 Å². The van der Waals surface area contributed by atoms with E-state index in [0.29, 0.717) is 0 Å². The molecule has 1 heterocycles. The van der Waals surface area contributed by atoms with Gasteiger partial charge < -0.3 is 10.7 Å². The molecule has 1 rings (SSSR count). The summed E-state index contributed by atoms with van der Waals surface area (Å²) in [5, 5.41) is 10.6. The highest BCUT2D eigenvalue weighted by Gasteiger charge is 2.24. The van der Waals surface area contributed by atoms with Gasteiger partial charge in [0, 0.05) is 5.69 Å². The Morgan fingerprint density at radius 1 is 1.40 bits per heavy atom. The van der Waals surface area contributed by atoms with Crippen molar-refractivity contribution in [3.63, 3.8) is 0 Å². The Kier molecular flexibility index (Phi) is 2.56. The molecule has 1 aromatic heterocycles. The monoisotopic (exact) mass is 211 g/mol. The molecule has 1 aromatic rings. The number of nitrogens with one attached hydrogen (secondary N) is 1. The van der Waals surface area contributed by atoms with Crippen LogP contribution in [0.4, 0.5) is 5.69 Å². The van der Waals surface area contributed by atoms with Gasteiger partial charge in [-0.05, 0) is 13.8 Å². The topological polar surface area (TPSA) is 119 Å². The summed E-state index contributed by atoms with van der Waals surface area (Å²) in [4.78, 5) is 34.7. The average molecular weight is 211 g/mol. The number of rotatable bonds is 2. The molecule has 1 amide bonds. The number of nitrogens with zero attached hydrogens (tertiary/aromatic N) is 1. The summed E-state index contributed by atoms with van der Waals surface area (Å²) in [7, 11) is 0. The summed E-state index contributed by atoms with van der Waals surface area (Å²) in [5.74, 6) is -0.975. The summed E-state index contributed by atoms with van der Waals surface area (Å²) in [6, 6.07) is 0. The third kappa shape index (κ3) is 1.71. The van der Waals surface area contributed by atoms with Gasteiger partial charge in [-0.3, -0.25) is 19.7 Å². The zero-order valence-electron chi connectivity index (χ0n) is 8.16. The molecule has 80 valence electrons. The maximum Gasteiger partial charge on any atom is 0.335 e. The van der Waals surface area contributed by atoms with Gasteiger partial charge in [-0.25, -0.2) is 0 Å². The van der Waals surface area contributed by atoms with Gasteiger partial charge in [0.2, 0.25) is 0 Å². The fourth-order valence-corrected chi connectivity index (χ4v) is 1.38. The van der Waals surface area contributed by atoms with E-state index in [0.717, 1.165) is 0 Å². The number of amides is 1. The first-order valence-electron chi connectivity index (χ1n) is 4.04. The van der Waals surface area contributed by atoms with E-state index in [1.807, 2.05) is 0 Å². The third-order valence-corrected chi connectivity index (χ3v) is 1.98. The van der Waals surface area contributed by atoms with E-state index in [1.165, 1.54) is 13.8 Å². The predicted molar refractivity (Wildman–Crippen MR) is 51.7 cm³/mol. The Labute approximate surface area is 84.1 Å². The molecular weight excluding hydrogens is 202 g/mol. The van der Waals surface area contributed by atoms with Crippen LogP contribution in [0.5, 0.6) is 0 Å². The van der Waals surface area contributed by atoms with E-state index >= 15 is 0 Å². The number of carbonyl (C=O) groups excluding carboxylic acids is 1. The lowest BCUT2D eigenvalue weighted by molar-refractivity contribution is -0.386. The number of H-pyrrole nitrogens is 1. The van der Waals surface area contributed by atoms with Crippen molar-refractivity contribution in [2.75, 3.05) is 0 Å². The van der Waals surface area contributed by atoms with Crippen LogP contribution in [0, 0.1) is 24.0 Å². The van der Waals surface area contributed by atoms with Crippen molar-refractivity contribution in [3.05, 3.63) is 37.3 Å². The molecule has 0 fully saturated rings. The number of carbonyl (C=O) groups is 1. The van der Waals surface area contributed by atoms with Crippen molar-refractivity contribution >= 4 is 11.6 Å². The summed E-state index contributed by atoms with van der Waals surface area (Å²) < 4.78 is 0. The number of nitrogens with two attached hydrogens (primary N) is 1. The molecule has 3 N–H and O–H groups in total. The van der Waals surface area contributed by atoms with Gasteiger partial charge in [0.15, 0.2) is 0 Å². The number of nitro groups is 1. The standard InChI is InChI=1S/C8H9N3O4/c1-3-5(8(9)13)7(12)6(11(14)15)4(2)10-3/h1-2H3,(H2,9,13)(H,10,12). The third-order valence-electron chi connectivity index (χ3n) is 1.98. The molecule has 0 saturated heterocycles. The van der Waals surface area contributed by atoms with Crippen LogP contribution in [0.2, 0.25) is 0 Å². The summed E-state index contributed by atoms with van der Waals surface area (Å²) in [5.41, 5.74) is 3.33. The Balaban J connectivity index is 3.72. The lowest BCUT2D eigenvalue weighted by Gasteiger charge is -2.03. The van der Waals surface area contributed by atoms with Gasteiger partial charge in [0.1, 0.15) is 5.56 Å². The van der Waals surface area contributed by atoms with Crippen LogP contribution in [0.15, 0.2) is 4.79 Å². The number of hydrogen-bond acceptors (Lipinski definition) is 4. The van der Waals surface area contributed by atoms with Gasteiger partial charge in [-0.1, -0.05) is 0 Å². The van der Waals surface area contributed by atoms with Gasteiger partial charge in [0.05, 0.1) is 10.6 Å². The van der Waals surface area contributed by atoms with Crippen LogP contribution in [0.1, 0.15) is 21.7 Å². The van der Waals surface area contributed by atoms with Gasteiger partial charge >= 0.3 is 5.69 Å². The SMILES string of the molecule is Cc1[nH]c(C)c([N+](=O)[O-])c(=O)c1C(N)=O. The smallest absolute Gasteiger partial charge is 0.335 e. The van der Waals surface area contributed by atoms with E-state index in [4.69, 9.17) is 5.73 Å². The average Bonchev–Trinajstić information content (AvgIpc) is 1.99. The van der Waals surface area contributed by atoms with E-state index in [-0.39, 0.29) is 17.0 Å². The zero-order chi connectivity index (χ0) is 11.7. The van der Waals surface area contributed by atoms with E-state index in [1.54, 1.807) is 0 Å². The lowest BCUT2D eigenvalue weighted by Crippen LogP contribution is -2.26. The molecule has 0 bridgehead atoms. The van der Waals surface area contributed by atoms with Crippen LogP contribution < -0.4 is 11.2 Å². The maximum absolute atomic E-state index is 11.5. The minimum absolute atomic E-state index is 0.104. The highest BCUT2D eigenvalue weighted by atomic mass is 16.6. The van der Waals surface area contributed by atoms with Crippen molar-refractivity contribution in [1.82, 2.24) is 4.98 Å². The Bertz CT molecular complexity index is 462. The van der Waals surface area contributed by atoms with Crippen LogP contribution in [0.25, 0.3) is 0 Å². The van der Waals surface area contributed by atoms with Crippen molar-refractivity contribution in [2.45, 2.75) is 13.8 Å². The molecule has 0 unspecified atom stereocenters. The molecule has 7 nitrogen and oxygen atoms in total. The summed E-state index contributed by atoms with van der Waals surface area (Å²) in [6.45, 7) is 2.84. The van der Waals surface area contributed by atoms with Gasteiger partial charge in [-0.2, -0.15) is 0 Å². The highest BCUT2D eigenvalue weighted by molar-refractivity contribution is 5.94. The summed E-state index contributed by atoms with van der Waals surface area (Å²) >= 11 is 0. The first-order chi connectivity index (χ1) is 6.86. The second kappa shape index (κ2) is 3.52. The Morgan fingerprint density at radius 2 is 1.93 bits per heavy atom. The first kappa shape index (κ1) is 10.9. The maximum atomic E-state index is 11.5. The normalized spacial score (nSPS) is 10.0. The quantitative estimate of drug-likeness (QED) is 0.528. The molecule has 0 aliphatic carbocycles. The fourth-order valence-electron chi connectivity index (χ4n) is 1.38. The molecular formula is C8H9N3O4. The molecule has 7 heteroatoms. The predicted octanol–water partition coefficient (Wildman–Crippen LogP) is -0.00116. The molecule has 0 aromatic carbocycles. The van der Waals surface area contributed by atoms with Crippen LogP contribution >= 0.6 is 0 Å². The van der Waals surface area contributed by atoms with Crippen LogP contribution in [-0.2, 0) is 0 Å². The molecule has 0 aliphatic rings. The second-order valence-corrected chi connectivity index (χ2v) is 3.05. The van der Waals surface area contributed by atoms with Crippen molar-refractivity contribution in [1.29, 1.82) is 0 Å². The number of pyridine rings is 1. The van der Waals surface area contributed by atoms with E-state index in [9.17, 15) is 19.7 Å². The minimum Gasteiger partial charge on any atom is -0.365 e. The van der Waals surface area contributed by atoms with E-state index in [2.05, 4.69) is 4.98 Å². The fraction of sp³-hybridized carbons (Fsp3) is 0.250. The minimum atomic E-state index is -0.975. The molecule has 0 radical (unpaired) electrons. The van der Waals surface area contributed by atoms with Crippen molar-refractivity contribution in [2.24, 2.45) is 5.73 Å². The summed E-state index contributed by atoms with van der Waals surface area (Å²) in [6.07, 6.45) is 0. The zero-order valence-corrected chi connectivity index (χ0v) is 8.16. The van der Waals surface area contributed by atoms with Gasteiger partial charge in [0.25, 0.3) is 11.3 Å². The number of aromatic amines is 1. The Hall–Kier alpha value is -2.18. The number of aromatic nitrogens is 1. The highest BCUT2D eigenvalue weighted by Crippen LogP contribution is 2.12. The molecule has 0 atom stereocenters. The molecule has 0 saturated carbocycles. The Morgan fingerprint density at radius 3 is 2.33 bits per heavy atom. The van der Waals surface area contributed by atoms with Crippen molar-refractivity contribution < 1.29 is 9.72 Å².